The van der Waals surface area contributed by atoms with Gasteiger partial charge in [0.05, 0.1) is 6.61 Å². The molecule has 1 N–H and O–H groups in total. The lowest BCUT2D eigenvalue weighted by Crippen LogP contribution is -2.24. The molecular formula is C16H21NO2. The number of allylic oxidation sites excluding steroid dienone is 2. The van der Waals surface area contributed by atoms with Crippen molar-refractivity contribution in [2.45, 2.75) is 32.4 Å². The molecule has 0 aliphatic heterocycles. The van der Waals surface area contributed by atoms with E-state index in [1.54, 1.807) is 7.11 Å². The van der Waals surface area contributed by atoms with E-state index in [9.17, 15) is 4.79 Å². The summed E-state index contributed by atoms with van der Waals surface area (Å²) in [5, 5.41) is 3.00. The Morgan fingerprint density at radius 3 is 2.84 bits per heavy atom. The Balaban J connectivity index is 1.84. The number of benzene rings is 1. The summed E-state index contributed by atoms with van der Waals surface area (Å²) in [4.78, 5) is 11.9. The van der Waals surface area contributed by atoms with Gasteiger partial charge in [0.2, 0.25) is 5.91 Å². The van der Waals surface area contributed by atoms with E-state index in [-0.39, 0.29) is 5.91 Å². The van der Waals surface area contributed by atoms with E-state index in [1.165, 1.54) is 0 Å². The second-order valence-electron chi connectivity index (χ2n) is 4.95. The molecule has 19 heavy (non-hydrogen) atoms. The highest BCUT2D eigenvalue weighted by atomic mass is 16.5. The summed E-state index contributed by atoms with van der Waals surface area (Å²) in [7, 11) is 1.68. The third-order valence-electron chi connectivity index (χ3n) is 3.45. The maximum absolute atomic E-state index is 11.9. The lowest BCUT2D eigenvalue weighted by Gasteiger charge is -2.11. The Morgan fingerprint density at radius 2 is 2.16 bits per heavy atom. The predicted molar refractivity (Wildman–Crippen MR) is 75.5 cm³/mol. The average Bonchev–Trinajstić information content (AvgIpc) is 2.91. The van der Waals surface area contributed by atoms with E-state index in [2.05, 4.69) is 17.5 Å². The molecule has 2 rings (SSSR count). The number of carbonyl (C=O) groups excluding carboxylic acids is 1. The summed E-state index contributed by atoms with van der Waals surface area (Å²) in [6.45, 7) is 1.16. The fraction of sp³-hybridized carbons (Fsp3) is 0.438. The van der Waals surface area contributed by atoms with Crippen LogP contribution in [0.25, 0.3) is 0 Å². The fourth-order valence-electron chi connectivity index (χ4n) is 2.40. The zero-order valence-electron chi connectivity index (χ0n) is 11.4. The van der Waals surface area contributed by atoms with Crippen molar-refractivity contribution in [2.24, 2.45) is 5.92 Å². The van der Waals surface area contributed by atoms with Crippen molar-refractivity contribution in [3.63, 3.8) is 0 Å². The minimum atomic E-state index is 0.128. The molecule has 0 spiro atoms. The molecule has 0 heterocycles. The molecule has 1 atom stereocenters. The van der Waals surface area contributed by atoms with Crippen LogP contribution in [0, 0.1) is 5.92 Å². The largest absolute Gasteiger partial charge is 0.380 e. The Kier molecular flexibility index (Phi) is 5.16. The first-order valence-electron chi connectivity index (χ1n) is 6.78. The summed E-state index contributed by atoms with van der Waals surface area (Å²) in [6, 6.07) is 8.04. The molecule has 1 aromatic carbocycles. The Morgan fingerprint density at radius 1 is 1.37 bits per heavy atom. The van der Waals surface area contributed by atoms with Crippen molar-refractivity contribution < 1.29 is 9.53 Å². The van der Waals surface area contributed by atoms with Crippen LogP contribution in [-0.2, 0) is 22.7 Å². The van der Waals surface area contributed by atoms with E-state index in [0.29, 0.717) is 25.5 Å². The Bertz CT molecular complexity index is 454. The normalized spacial score (nSPS) is 17.6. The van der Waals surface area contributed by atoms with Gasteiger partial charge in [0.25, 0.3) is 0 Å². The number of rotatable bonds is 6. The fourth-order valence-corrected chi connectivity index (χ4v) is 2.40. The zero-order valence-corrected chi connectivity index (χ0v) is 11.4. The minimum absolute atomic E-state index is 0.128. The molecule has 1 unspecified atom stereocenters. The van der Waals surface area contributed by atoms with Crippen molar-refractivity contribution >= 4 is 5.91 Å². The van der Waals surface area contributed by atoms with Gasteiger partial charge < -0.3 is 10.1 Å². The molecule has 1 aliphatic rings. The summed E-state index contributed by atoms with van der Waals surface area (Å²) < 4.78 is 5.16. The van der Waals surface area contributed by atoms with Gasteiger partial charge in [0, 0.05) is 20.1 Å². The van der Waals surface area contributed by atoms with Crippen molar-refractivity contribution in [3.8, 4) is 0 Å². The smallest absolute Gasteiger partial charge is 0.220 e. The van der Waals surface area contributed by atoms with Crippen LogP contribution < -0.4 is 5.32 Å². The molecule has 102 valence electrons. The Labute approximate surface area is 114 Å². The van der Waals surface area contributed by atoms with Gasteiger partial charge in [0.1, 0.15) is 0 Å². The monoisotopic (exact) mass is 259 g/mol. The number of carbonyl (C=O) groups is 1. The maximum Gasteiger partial charge on any atom is 0.220 e. The quantitative estimate of drug-likeness (QED) is 0.798. The highest BCUT2D eigenvalue weighted by Gasteiger charge is 2.13. The van der Waals surface area contributed by atoms with E-state index >= 15 is 0 Å². The van der Waals surface area contributed by atoms with Crippen LogP contribution in [0.3, 0.4) is 0 Å². The van der Waals surface area contributed by atoms with Crippen molar-refractivity contribution in [2.75, 3.05) is 7.11 Å². The molecule has 3 nitrogen and oxygen atoms in total. The number of hydrogen-bond donors (Lipinski definition) is 1. The van der Waals surface area contributed by atoms with Gasteiger partial charge in [-0.3, -0.25) is 4.79 Å². The van der Waals surface area contributed by atoms with Gasteiger partial charge in [-0.1, -0.05) is 36.4 Å². The molecule has 3 heteroatoms. The van der Waals surface area contributed by atoms with Gasteiger partial charge in [-0.2, -0.15) is 0 Å². The molecule has 0 fully saturated rings. The highest BCUT2D eigenvalue weighted by Crippen LogP contribution is 2.20. The lowest BCUT2D eigenvalue weighted by molar-refractivity contribution is -0.121. The third kappa shape index (κ3) is 4.21. The van der Waals surface area contributed by atoms with E-state index < -0.39 is 0 Å². The van der Waals surface area contributed by atoms with Crippen LogP contribution >= 0.6 is 0 Å². The summed E-state index contributed by atoms with van der Waals surface area (Å²) in [5.74, 6) is 0.554. The van der Waals surface area contributed by atoms with Crippen LogP contribution in [0.2, 0.25) is 0 Å². The summed E-state index contributed by atoms with van der Waals surface area (Å²) in [5.41, 5.74) is 2.26. The molecule has 1 amide bonds. The number of methoxy groups -OCH3 is 1. The second-order valence-corrected chi connectivity index (χ2v) is 4.95. The number of amides is 1. The first kappa shape index (κ1) is 13.8. The molecule has 0 radical (unpaired) electrons. The van der Waals surface area contributed by atoms with Gasteiger partial charge in [-0.05, 0) is 29.9 Å². The standard InChI is InChI=1S/C16H21NO2/c1-19-12-15-9-5-4-8-14(15)11-17-16(18)10-13-6-2-3-7-13/h2,4-6,8-9,13H,3,7,10-12H2,1H3,(H,17,18). The molecule has 0 saturated carbocycles. The average molecular weight is 259 g/mol. The molecule has 0 saturated heterocycles. The van der Waals surface area contributed by atoms with Crippen LogP contribution in [0.4, 0.5) is 0 Å². The second kappa shape index (κ2) is 7.10. The summed E-state index contributed by atoms with van der Waals surface area (Å²) in [6.07, 6.45) is 7.12. The lowest BCUT2D eigenvalue weighted by atomic mass is 10.0. The van der Waals surface area contributed by atoms with Gasteiger partial charge >= 0.3 is 0 Å². The number of nitrogens with one attached hydrogen (secondary N) is 1. The van der Waals surface area contributed by atoms with E-state index in [0.717, 1.165) is 24.0 Å². The van der Waals surface area contributed by atoms with E-state index in [1.807, 2.05) is 24.3 Å². The first-order valence-corrected chi connectivity index (χ1v) is 6.78. The number of ether oxygens (including phenoxy) is 1. The topological polar surface area (TPSA) is 38.3 Å². The molecule has 0 bridgehead atoms. The van der Waals surface area contributed by atoms with Crippen molar-refractivity contribution in [1.29, 1.82) is 0 Å². The van der Waals surface area contributed by atoms with Crippen LogP contribution in [0.5, 0.6) is 0 Å². The first-order chi connectivity index (χ1) is 9.29. The van der Waals surface area contributed by atoms with Gasteiger partial charge in [0.15, 0.2) is 0 Å². The molecule has 0 aromatic heterocycles. The van der Waals surface area contributed by atoms with Crippen LogP contribution in [0.1, 0.15) is 30.4 Å². The van der Waals surface area contributed by atoms with Crippen molar-refractivity contribution in [3.05, 3.63) is 47.5 Å². The van der Waals surface area contributed by atoms with Crippen LogP contribution in [-0.4, -0.2) is 13.0 Å². The third-order valence-corrected chi connectivity index (χ3v) is 3.45. The van der Waals surface area contributed by atoms with Gasteiger partial charge in [-0.25, -0.2) is 0 Å². The van der Waals surface area contributed by atoms with Gasteiger partial charge in [-0.15, -0.1) is 0 Å². The zero-order chi connectivity index (χ0) is 13.5. The van der Waals surface area contributed by atoms with Crippen LogP contribution in [0.15, 0.2) is 36.4 Å². The minimum Gasteiger partial charge on any atom is -0.380 e. The predicted octanol–water partition coefficient (Wildman–Crippen LogP) is 2.81. The van der Waals surface area contributed by atoms with Crippen molar-refractivity contribution in [1.82, 2.24) is 5.32 Å². The molecular weight excluding hydrogens is 238 g/mol. The SMILES string of the molecule is COCc1ccccc1CNC(=O)CC1C=CCC1. The molecule has 1 aromatic rings. The summed E-state index contributed by atoms with van der Waals surface area (Å²) >= 11 is 0. The highest BCUT2D eigenvalue weighted by molar-refractivity contribution is 5.76. The van der Waals surface area contributed by atoms with E-state index in [4.69, 9.17) is 4.74 Å². The molecule has 1 aliphatic carbocycles. The maximum atomic E-state index is 11.9. The Hall–Kier alpha value is -1.61. The number of hydrogen-bond acceptors (Lipinski definition) is 2.